The first-order valence-corrected chi connectivity index (χ1v) is 17.6. The SMILES string of the molecule is CO[C@H]1CO[C@@H](O[C@H]2CC[C@]34C[C@]35CC[C@]3(C)C6=C(O[C@@H]([C@@H](O)C(C)(C)O)C[C@H]6C)[C@H](O)[C@@]3(C)[C@@H]5CC[C@H]4C2(C)C)[C@H](O)[C@H]1O. The smallest absolute Gasteiger partial charge is 0.186 e. The summed E-state index contributed by atoms with van der Waals surface area (Å²) in [6.45, 7) is 15.0. The Morgan fingerprint density at radius 2 is 1.60 bits per heavy atom. The summed E-state index contributed by atoms with van der Waals surface area (Å²) in [6, 6.07) is 0. The highest BCUT2D eigenvalue weighted by Crippen LogP contribution is 2.89. The molecule has 9 heteroatoms. The van der Waals surface area contributed by atoms with Gasteiger partial charge in [0.15, 0.2) is 6.29 Å². The molecule has 1 saturated heterocycles. The van der Waals surface area contributed by atoms with Crippen LogP contribution in [0.1, 0.15) is 99.8 Å². The van der Waals surface area contributed by atoms with E-state index in [9.17, 15) is 25.5 Å². The van der Waals surface area contributed by atoms with E-state index in [2.05, 4.69) is 34.6 Å². The predicted octanol–water partition coefficient (Wildman–Crippen LogP) is 3.68. The molecule has 0 bridgehead atoms. The molecule has 7 rings (SSSR count). The Balaban J connectivity index is 1.14. The first-order valence-electron chi connectivity index (χ1n) is 17.6. The fourth-order valence-corrected chi connectivity index (χ4v) is 12.8. The monoisotopic (exact) mass is 634 g/mol. The molecule has 0 aromatic heterocycles. The molecule has 2 spiro atoms. The van der Waals surface area contributed by atoms with Crippen LogP contribution in [-0.4, -0.2) is 93.9 Å². The Morgan fingerprint density at radius 1 is 0.933 bits per heavy atom. The van der Waals surface area contributed by atoms with Crippen LogP contribution in [-0.2, 0) is 18.9 Å². The van der Waals surface area contributed by atoms with Crippen molar-refractivity contribution in [1.82, 2.24) is 0 Å². The molecule has 5 N–H and O–H groups in total. The van der Waals surface area contributed by atoms with Gasteiger partial charge in [0.1, 0.15) is 42.4 Å². The summed E-state index contributed by atoms with van der Waals surface area (Å²) >= 11 is 0. The third-order valence-electron chi connectivity index (χ3n) is 15.3. The summed E-state index contributed by atoms with van der Waals surface area (Å²) in [5, 5.41) is 55.2. The van der Waals surface area contributed by atoms with Gasteiger partial charge in [-0.1, -0.05) is 34.6 Å². The van der Waals surface area contributed by atoms with Crippen molar-refractivity contribution in [3.63, 3.8) is 0 Å². The van der Waals surface area contributed by atoms with Crippen molar-refractivity contribution in [1.29, 1.82) is 0 Å². The van der Waals surface area contributed by atoms with E-state index in [0.717, 1.165) is 38.5 Å². The minimum atomic E-state index is -1.29. The average molecular weight is 635 g/mol. The number of fused-ring (bicyclic) bond motifs is 3. The molecule has 9 nitrogen and oxygen atoms in total. The summed E-state index contributed by atoms with van der Waals surface area (Å²) < 4.78 is 24.2. The molecule has 7 aliphatic rings. The molecule has 0 amide bonds. The van der Waals surface area contributed by atoms with E-state index in [-0.39, 0.29) is 45.7 Å². The predicted molar refractivity (Wildman–Crippen MR) is 166 cm³/mol. The van der Waals surface area contributed by atoms with Crippen LogP contribution in [0.4, 0.5) is 0 Å². The fraction of sp³-hybridized carbons (Fsp3) is 0.944. The molecule has 5 aliphatic carbocycles. The molecular weight excluding hydrogens is 576 g/mol. The number of ether oxygens (including phenoxy) is 4. The van der Waals surface area contributed by atoms with Crippen molar-refractivity contribution in [3.8, 4) is 0 Å². The Bertz CT molecular complexity index is 1230. The zero-order chi connectivity index (χ0) is 32.7. The van der Waals surface area contributed by atoms with E-state index in [1.54, 1.807) is 13.8 Å². The van der Waals surface area contributed by atoms with Crippen molar-refractivity contribution < 1.29 is 44.5 Å². The third kappa shape index (κ3) is 4.08. The highest BCUT2D eigenvalue weighted by Gasteiger charge is 2.83. The third-order valence-corrected chi connectivity index (χ3v) is 15.3. The van der Waals surface area contributed by atoms with Gasteiger partial charge in [0.25, 0.3) is 0 Å². The molecule has 2 heterocycles. The van der Waals surface area contributed by atoms with Crippen LogP contribution in [0, 0.1) is 44.8 Å². The Labute approximate surface area is 268 Å². The van der Waals surface area contributed by atoms with Crippen molar-refractivity contribution in [2.75, 3.05) is 13.7 Å². The van der Waals surface area contributed by atoms with Gasteiger partial charge in [0.05, 0.1) is 18.3 Å². The number of aliphatic hydroxyl groups excluding tert-OH is 4. The Morgan fingerprint density at radius 3 is 2.27 bits per heavy atom. The van der Waals surface area contributed by atoms with E-state index < -0.39 is 48.5 Å². The number of hydrogen-bond acceptors (Lipinski definition) is 9. The number of allylic oxidation sites excluding steroid dienone is 1. The van der Waals surface area contributed by atoms with Gasteiger partial charge in [0, 0.05) is 17.9 Å². The lowest BCUT2D eigenvalue weighted by Crippen LogP contribution is -2.61. The lowest BCUT2D eigenvalue weighted by Gasteiger charge is -2.63. The molecular formula is C36H58O9. The zero-order valence-electron chi connectivity index (χ0n) is 28.6. The second-order valence-corrected chi connectivity index (χ2v) is 17.8. The highest BCUT2D eigenvalue weighted by atomic mass is 16.7. The lowest BCUT2D eigenvalue weighted by atomic mass is 9.41. The van der Waals surface area contributed by atoms with Crippen LogP contribution >= 0.6 is 0 Å². The van der Waals surface area contributed by atoms with Gasteiger partial charge >= 0.3 is 0 Å². The van der Waals surface area contributed by atoms with Gasteiger partial charge in [-0.25, -0.2) is 0 Å². The number of methoxy groups -OCH3 is 1. The second-order valence-electron chi connectivity index (χ2n) is 17.8. The lowest BCUT2D eigenvalue weighted by molar-refractivity contribution is -0.305. The van der Waals surface area contributed by atoms with Gasteiger partial charge in [-0.2, -0.15) is 0 Å². The minimum Gasteiger partial charge on any atom is -0.489 e. The van der Waals surface area contributed by atoms with E-state index in [1.165, 1.54) is 19.1 Å². The molecule has 4 saturated carbocycles. The Hall–Kier alpha value is -0.780. The molecule has 0 aromatic carbocycles. The molecule has 15 atom stereocenters. The number of aliphatic hydroxyl groups is 5. The van der Waals surface area contributed by atoms with Crippen molar-refractivity contribution in [2.24, 2.45) is 44.8 Å². The van der Waals surface area contributed by atoms with E-state index >= 15 is 0 Å². The van der Waals surface area contributed by atoms with Crippen molar-refractivity contribution in [2.45, 2.75) is 154 Å². The first kappa shape index (κ1) is 32.8. The van der Waals surface area contributed by atoms with E-state index in [4.69, 9.17) is 18.9 Å². The number of hydrogen-bond donors (Lipinski definition) is 5. The van der Waals surface area contributed by atoms with Crippen LogP contribution in [0.25, 0.3) is 0 Å². The highest BCUT2D eigenvalue weighted by molar-refractivity contribution is 5.43. The molecule has 0 aromatic rings. The zero-order valence-corrected chi connectivity index (χ0v) is 28.6. The standard InChI is InChI=1S/C36H58O9/c1-18-15-19(28(39)32(4,5)41)44-27-24(18)33(6)13-14-36-17-35(36)12-11-23(45-30-26(38)25(37)20(42-8)16-43-30)31(2,3)21(35)9-10-22(36)34(33,7)29(27)40/h18-23,25-26,28-30,37-41H,9-17H2,1-8H3/t18-,19-,20+,21+,22+,23+,25+,26-,28-,29+,30+,33-,34-,35-,36+/m1/s1. The van der Waals surface area contributed by atoms with Crippen LogP contribution in [0.15, 0.2) is 11.3 Å². The van der Waals surface area contributed by atoms with Crippen LogP contribution < -0.4 is 0 Å². The molecule has 45 heavy (non-hydrogen) atoms. The van der Waals surface area contributed by atoms with Crippen molar-refractivity contribution >= 4 is 0 Å². The van der Waals surface area contributed by atoms with Gasteiger partial charge in [-0.3, -0.25) is 0 Å². The van der Waals surface area contributed by atoms with E-state index in [0.29, 0.717) is 24.0 Å². The Kier molecular flexibility index (Phi) is 7.37. The first-order chi connectivity index (χ1) is 20.9. The van der Waals surface area contributed by atoms with Crippen LogP contribution in [0.3, 0.4) is 0 Å². The van der Waals surface area contributed by atoms with Crippen LogP contribution in [0.2, 0.25) is 0 Å². The molecule has 256 valence electrons. The summed E-state index contributed by atoms with van der Waals surface area (Å²) in [4.78, 5) is 0. The maximum Gasteiger partial charge on any atom is 0.186 e. The minimum absolute atomic E-state index is 0.0999. The van der Waals surface area contributed by atoms with Gasteiger partial charge in [-0.15, -0.1) is 0 Å². The summed E-state index contributed by atoms with van der Waals surface area (Å²) in [7, 11) is 1.51. The molecule has 0 radical (unpaired) electrons. The van der Waals surface area contributed by atoms with Gasteiger partial charge < -0.3 is 44.5 Å². The normalized spacial score (nSPS) is 54.2. The molecule has 5 fully saturated rings. The molecule has 0 unspecified atom stereocenters. The number of rotatable bonds is 5. The topological polar surface area (TPSA) is 138 Å². The maximum absolute atomic E-state index is 12.3. The van der Waals surface area contributed by atoms with E-state index in [1.807, 2.05) is 0 Å². The van der Waals surface area contributed by atoms with Crippen molar-refractivity contribution in [3.05, 3.63) is 11.3 Å². The molecule has 2 aliphatic heterocycles. The fourth-order valence-electron chi connectivity index (χ4n) is 12.8. The maximum atomic E-state index is 12.3. The summed E-state index contributed by atoms with van der Waals surface area (Å²) in [5.41, 5.74) is -0.402. The quantitative estimate of drug-likeness (QED) is 0.287. The van der Waals surface area contributed by atoms with Gasteiger partial charge in [0.2, 0.25) is 0 Å². The van der Waals surface area contributed by atoms with Gasteiger partial charge in [-0.05, 0) is 105 Å². The summed E-state index contributed by atoms with van der Waals surface area (Å²) in [5.74, 6) is 1.62. The van der Waals surface area contributed by atoms with Crippen LogP contribution in [0.5, 0.6) is 0 Å². The summed E-state index contributed by atoms with van der Waals surface area (Å²) in [6.07, 6.45) is 1.88. The largest absolute Gasteiger partial charge is 0.489 e. The average Bonchev–Trinajstić information content (AvgIpc) is 3.60. The second kappa shape index (κ2) is 10.1.